The standard InChI is InChI=1S/C11H9ClN2O2/c1-5-3-6(2)9-7(4-5)8(12)10(11(15)16)14-13-9/h3-4H,1-2H3,(H,15,16). The second kappa shape index (κ2) is 3.72. The average molecular weight is 237 g/mol. The van der Waals surface area contributed by atoms with Gasteiger partial charge in [-0.05, 0) is 25.5 Å². The number of halogens is 1. The highest BCUT2D eigenvalue weighted by Crippen LogP contribution is 2.27. The van der Waals surface area contributed by atoms with Gasteiger partial charge in [0.15, 0.2) is 5.69 Å². The van der Waals surface area contributed by atoms with Crippen molar-refractivity contribution >= 4 is 28.5 Å². The molecule has 0 amide bonds. The van der Waals surface area contributed by atoms with Gasteiger partial charge in [0.05, 0.1) is 10.5 Å². The third kappa shape index (κ3) is 1.61. The molecule has 0 aliphatic carbocycles. The van der Waals surface area contributed by atoms with E-state index in [1.54, 1.807) is 0 Å². The van der Waals surface area contributed by atoms with Gasteiger partial charge in [-0.1, -0.05) is 23.2 Å². The van der Waals surface area contributed by atoms with E-state index in [0.29, 0.717) is 10.9 Å². The van der Waals surface area contributed by atoms with E-state index < -0.39 is 5.97 Å². The van der Waals surface area contributed by atoms with Crippen LogP contribution in [0.5, 0.6) is 0 Å². The molecule has 0 aliphatic rings. The number of hydrogen-bond donors (Lipinski definition) is 1. The Labute approximate surface area is 96.9 Å². The minimum absolute atomic E-state index is 0.143. The van der Waals surface area contributed by atoms with E-state index in [4.69, 9.17) is 16.7 Å². The molecule has 4 nitrogen and oxygen atoms in total. The molecule has 0 radical (unpaired) electrons. The van der Waals surface area contributed by atoms with E-state index in [2.05, 4.69) is 10.2 Å². The van der Waals surface area contributed by atoms with Crippen molar-refractivity contribution in [2.45, 2.75) is 13.8 Å². The first-order valence-electron chi connectivity index (χ1n) is 4.67. The molecule has 0 bridgehead atoms. The molecule has 1 aromatic carbocycles. The molecule has 2 rings (SSSR count). The second-order valence-corrected chi connectivity index (χ2v) is 4.02. The van der Waals surface area contributed by atoms with E-state index in [1.807, 2.05) is 26.0 Å². The van der Waals surface area contributed by atoms with Gasteiger partial charge in [-0.2, -0.15) is 0 Å². The van der Waals surface area contributed by atoms with E-state index in [1.165, 1.54) is 0 Å². The fourth-order valence-electron chi connectivity index (χ4n) is 1.67. The smallest absolute Gasteiger partial charge is 0.358 e. The monoisotopic (exact) mass is 236 g/mol. The molecule has 2 aromatic rings. The van der Waals surface area contributed by atoms with Gasteiger partial charge in [-0.3, -0.25) is 0 Å². The number of aromatic carboxylic acids is 1. The van der Waals surface area contributed by atoms with Gasteiger partial charge < -0.3 is 5.11 Å². The first kappa shape index (κ1) is 10.8. The maximum atomic E-state index is 10.8. The Kier molecular flexibility index (Phi) is 2.52. The van der Waals surface area contributed by atoms with Crippen LogP contribution in [0.4, 0.5) is 0 Å². The third-order valence-corrected chi connectivity index (χ3v) is 2.72. The van der Waals surface area contributed by atoms with Gasteiger partial charge in [-0.25, -0.2) is 4.79 Å². The van der Waals surface area contributed by atoms with Crippen LogP contribution in [0.1, 0.15) is 21.6 Å². The Morgan fingerprint density at radius 2 is 2.00 bits per heavy atom. The van der Waals surface area contributed by atoms with Gasteiger partial charge >= 0.3 is 5.97 Å². The van der Waals surface area contributed by atoms with Gasteiger partial charge in [-0.15, -0.1) is 10.2 Å². The van der Waals surface area contributed by atoms with Gasteiger partial charge in [0.1, 0.15) is 0 Å². The predicted molar refractivity (Wildman–Crippen MR) is 61.0 cm³/mol. The molecular formula is C11H9ClN2O2. The Balaban J connectivity index is 2.89. The third-order valence-electron chi connectivity index (χ3n) is 2.34. The van der Waals surface area contributed by atoms with Crippen LogP contribution in [-0.2, 0) is 0 Å². The van der Waals surface area contributed by atoms with Crippen molar-refractivity contribution in [1.29, 1.82) is 0 Å². The van der Waals surface area contributed by atoms with Crippen molar-refractivity contribution in [3.8, 4) is 0 Å². The normalized spacial score (nSPS) is 10.7. The minimum Gasteiger partial charge on any atom is -0.476 e. The Hall–Kier alpha value is -1.68. The molecule has 0 unspecified atom stereocenters. The molecule has 5 heteroatoms. The van der Waals surface area contributed by atoms with Gasteiger partial charge in [0.25, 0.3) is 0 Å². The first-order chi connectivity index (χ1) is 7.50. The summed E-state index contributed by atoms with van der Waals surface area (Å²) in [5.41, 5.74) is 2.37. The summed E-state index contributed by atoms with van der Waals surface area (Å²) in [5.74, 6) is -1.17. The lowest BCUT2D eigenvalue weighted by atomic mass is 10.1. The molecule has 1 N–H and O–H groups in total. The van der Waals surface area contributed by atoms with Crippen LogP contribution in [0.3, 0.4) is 0 Å². The van der Waals surface area contributed by atoms with Gasteiger partial charge in [0.2, 0.25) is 0 Å². The van der Waals surface area contributed by atoms with Crippen molar-refractivity contribution in [3.63, 3.8) is 0 Å². The molecule has 0 spiro atoms. The Morgan fingerprint density at radius 1 is 1.31 bits per heavy atom. The molecule has 1 heterocycles. The molecular weight excluding hydrogens is 228 g/mol. The zero-order valence-electron chi connectivity index (χ0n) is 8.78. The summed E-state index contributed by atoms with van der Waals surface area (Å²) < 4.78 is 0. The highest BCUT2D eigenvalue weighted by molar-refractivity contribution is 6.37. The molecule has 0 atom stereocenters. The molecule has 0 saturated heterocycles. The summed E-state index contributed by atoms with van der Waals surface area (Å²) in [6.45, 7) is 3.81. The molecule has 1 aromatic heterocycles. The number of fused-ring (bicyclic) bond motifs is 1. The molecule has 0 aliphatic heterocycles. The number of carbonyl (C=O) groups is 1. The molecule has 0 saturated carbocycles. The zero-order valence-corrected chi connectivity index (χ0v) is 9.54. The summed E-state index contributed by atoms with van der Waals surface area (Å²) in [4.78, 5) is 10.8. The van der Waals surface area contributed by atoms with Crippen molar-refractivity contribution in [2.75, 3.05) is 0 Å². The molecule has 16 heavy (non-hydrogen) atoms. The predicted octanol–water partition coefficient (Wildman–Crippen LogP) is 2.60. The van der Waals surface area contributed by atoms with Crippen LogP contribution in [0.2, 0.25) is 5.02 Å². The Bertz CT molecular complexity index is 596. The molecule has 82 valence electrons. The lowest BCUT2D eigenvalue weighted by Crippen LogP contribution is -2.04. The average Bonchev–Trinajstić information content (AvgIpc) is 2.19. The summed E-state index contributed by atoms with van der Waals surface area (Å²) >= 11 is 6.00. The number of rotatable bonds is 1. The lowest BCUT2D eigenvalue weighted by molar-refractivity contribution is 0.0689. The van der Waals surface area contributed by atoms with Crippen molar-refractivity contribution in [2.24, 2.45) is 0 Å². The number of benzene rings is 1. The number of hydrogen-bond acceptors (Lipinski definition) is 3. The van der Waals surface area contributed by atoms with E-state index in [9.17, 15) is 4.79 Å². The number of carboxylic acid groups (broad SMARTS) is 1. The van der Waals surface area contributed by atoms with E-state index in [0.717, 1.165) is 11.1 Å². The Morgan fingerprint density at radius 3 is 2.62 bits per heavy atom. The van der Waals surface area contributed by atoms with Gasteiger partial charge in [0, 0.05) is 5.39 Å². The summed E-state index contributed by atoms with van der Waals surface area (Å²) in [6.07, 6.45) is 0. The lowest BCUT2D eigenvalue weighted by Gasteiger charge is -2.05. The topological polar surface area (TPSA) is 63.1 Å². The van der Waals surface area contributed by atoms with Crippen LogP contribution in [0.15, 0.2) is 12.1 Å². The maximum absolute atomic E-state index is 10.8. The fraction of sp³-hybridized carbons (Fsp3) is 0.182. The largest absolute Gasteiger partial charge is 0.476 e. The number of nitrogens with zero attached hydrogens (tertiary/aromatic N) is 2. The van der Waals surface area contributed by atoms with Crippen LogP contribution >= 0.6 is 11.6 Å². The minimum atomic E-state index is -1.17. The number of aryl methyl sites for hydroxylation is 2. The highest BCUT2D eigenvalue weighted by atomic mass is 35.5. The van der Waals surface area contributed by atoms with E-state index >= 15 is 0 Å². The maximum Gasteiger partial charge on any atom is 0.358 e. The van der Waals surface area contributed by atoms with Crippen molar-refractivity contribution < 1.29 is 9.90 Å². The van der Waals surface area contributed by atoms with Crippen molar-refractivity contribution in [1.82, 2.24) is 10.2 Å². The quantitative estimate of drug-likeness (QED) is 0.827. The summed E-state index contributed by atoms with van der Waals surface area (Å²) in [7, 11) is 0. The number of carboxylic acids is 1. The number of aromatic nitrogens is 2. The van der Waals surface area contributed by atoms with Crippen LogP contribution in [0.25, 0.3) is 10.9 Å². The van der Waals surface area contributed by atoms with Crippen LogP contribution in [-0.4, -0.2) is 21.3 Å². The van der Waals surface area contributed by atoms with Crippen LogP contribution in [0, 0.1) is 13.8 Å². The van der Waals surface area contributed by atoms with Crippen molar-refractivity contribution in [3.05, 3.63) is 34.0 Å². The first-order valence-corrected chi connectivity index (χ1v) is 5.05. The van der Waals surface area contributed by atoms with E-state index in [-0.39, 0.29) is 10.7 Å². The summed E-state index contributed by atoms with van der Waals surface area (Å²) in [6, 6.07) is 3.76. The highest BCUT2D eigenvalue weighted by Gasteiger charge is 2.15. The van der Waals surface area contributed by atoms with Crippen LogP contribution < -0.4 is 0 Å². The second-order valence-electron chi connectivity index (χ2n) is 3.65. The zero-order chi connectivity index (χ0) is 11.9. The fourth-order valence-corrected chi connectivity index (χ4v) is 1.93. The molecule has 0 fully saturated rings. The summed E-state index contributed by atoms with van der Waals surface area (Å²) in [5, 5.41) is 17.2. The SMILES string of the molecule is Cc1cc(C)c2nnc(C(=O)O)c(Cl)c2c1.